The number of nitrogens with one attached hydrogen (secondary N) is 1. The maximum absolute atomic E-state index is 12.5. The van der Waals surface area contributed by atoms with Crippen molar-refractivity contribution in [2.75, 3.05) is 19.5 Å². The summed E-state index contributed by atoms with van der Waals surface area (Å²) in [7, 11) is 3.21. The number of methoxy groups -OCH3 is 2. The van der Waals surface area contributed by atoms with Gasteiger partial charge in [0.25, 0.3) is 0 Å². The van der Waals surface area contributed by atoms with E-state index in [0.717, 1.165) is 11.1 Å². The first kappa shape index (κ1) is 19.5. The Morgan fingerprint density at radius 1 is 1.07 bits per heavy atom. The van der Waals surface area contributed by atoms with E-state index < -0.39 is 0 Å². The van der Waals surface area contributed by atoms with Crippen molar-refractivity contribution in [2.24, 2.45) is 0 Å². The maximum Gasteiger partial charge on any atom is 0.229 e. The van der Waals surface area contributed by atoms with Gasteiger partial charge in [0, 0.05) is 11.6 Å². The van der Waals surface area contributed by atoms with Gasteiger partial charge in [-0.15, -0.1) is 0 Å². The molecule has 6 nitrogen and oxygen atoms in total. The van der Waals surface area contributed by atoms with Gasteiger partial charge >= 0.3 is 0 Å². The Morgan fingerprint density at radius 2 is 1.89 bits per heavy atom. The fourth-order valence-electron chi connectivity index (χ4n) is 3.09. The molecule has 3 rings (SSSR count). The van der Waals surface area contributed by atoms with Gasteiger partial charge in [0.2, 0.25) is 5.91 Å². The molecule has 0 aliphatic heterocycles. The number of aromatic nitrogens is 2. The number of carbonyl (C=O) groups excluding carboxylic acids is 1. The second-order valence-corrected chi connectivity index (χ2v) is 6.67. The number of benzene rings is 2. The summed E-state index contributed by atoms with van der Waals surface area (Å²) >= 11 is 0. The molecule has 3 aromatic rings. The molecule has 0 aliphatic rings. The van der Waals surface area contributed by atoms with Crippen molar-refractivity contribution in [3.63, 3.8) is 0 Å². The topological polar surface area (TPSA) is 65.4 Å². The van der Waals surface area contributed by atoms with Crippen LogP contribution in [0, 0.1) is 13.8 Å². The van der Waals surface area contributed by atoms with Gasteiger partial charge in [0.05, 0.1) is 33.4 Å². The van der Waals surface area contributed by atoms with E-state index in [9.17, 15) is 4.79 Å². The van der Waals surface area contributed by atoms with Crippen LogP contribution in [0.4, 0.5) is 5.82 Å². The van der Waals surface area contributed by atoms with Gasteiger partial charge in [0.15, 0.2) is 11.5 Å². The molecular weight excluding hydrogens is 354 g/mol. The second-order valence-electron chi connectivity index (χ2n) is 6.67. The van der Waals surface area contributed by atoms with Gasteiger partial charge in [0.1, 0.15) is 5.82 Å². The van der Waals surface area contributed by atoms with Crippen molar-refractivity contribution in [2.45, 2.75) is 26.8 Å². The summed E-state index contributed by atoms with van der Waals surface area (Å²) in [6.45, 7) is 4.56. The number of hydrogen-bond acceptors (Lipinski definition) is 4. The van der Waals surface area contributed by atoms with Crippen LogP contribution in [0.25, 0.3) is 0 Å². The summed E-state index contributed by atoms with van der Waals surface area (Å²) in [5, 5.41) is 7.28. The fraction of sp³-hybridized carbons (Fsp3) is 0.273. The highest BCUT2D eigenvalue weighted by molar-refractivity contribution is 5.91. The first-order valence-electron chi connectivity index (χ1n) is 9.09. The average Bonchev–Trinajstić information content (AvgIpc) is 3.11. The normalized spacial score (nSPS) is 10.6. The Balaban J connectivity index is 1.73. The standard InChI is InChI=1S/C22H25N3O3/c1-15-8-9-17(12-16(15)2)13-21(26)24-20-10-11-23-25(20)14-18-6-5-7-19(27-3)22(18)28-4/h5-12H,13-14H2,1-4H3,(H,24,26). The van der Waals surface area contributed by atoms with E-state index in [1.165, 1.54) is 11.1 Å². The Morgan fingerprint density at radius 3 is 2.61 bits per heavy atom. The molecule has 0 fully saturated rings. The van der Waals surface area contributed by atoms with Crippen LogP contribution in [0.5, 0.6) is 11.5 Å². The minimum absolute atomic E-state index is 0.0809. The summed E-state index contributed by atoms with van der Waals surface area (Å²) in [6, 6.07) is 13.6. The van der Waals surface area contributed by atoms with Crippen molar-refractivity contribution >= 4 is 11.7 Å². The number of rotatable bonds is 7. The Bertz CT molecular complexity index is 979. The highest BCUT2D eigenvalue weighted by atomic mass is 16.5. The minimum Gasteiger partial charge on any atom is -0.493 e. The molecule has 0 radical (unpaired) electrons. The van der Waals surface area contributed by atoms with Crippen molar-refractivity contribution < 1.29 is 14.3 Å². The minimum atomic E-state index is -0.0809. The number of ether oxygens (including phenoxy) is 2. The van der Waals surface area contributed by atoms with Crippen LogP contribution >= 0.6 is 0 Å². The van der Waals surface area contributed by atoms with Gasteiger partial charge in [-0.1, -0.05) is 30.3 Å². The summed E-state index contributed by atoms with van der Waals surface area (Å²) in [6.07, 6.45) is 1.98. The van der Waals surface area contributed by atoms with Gasteiger partial charge in [-0.2, -0.15) is 5.10 Å². The van der Waals surface area contributed by atoms with Crippen LogP contribution in [-0.4, -0.2) is 29.9 Å². The molecule has 1 N–H and O–H groups in total. The maximum atomic E-state index is 12.5. The molecule has 0 bridgehead atoms. The van der Waals surface area contributed by atoms with Crippen molar-refractivity contribution in [3.8, 4) is 11.5 Å². The van der Waals surface area contributed by atoms with Gasteiger partial charge in [-0.3, -0.25) is 4.79 Å². The summed E-state index contributed by atoms with van der Waals surface area (Å²) in [5.74, 6) is 1.88. The SMILES string of the molecule is COc1cccc(Cn2nccc2NC(=O)Cc2ccc(C)c(C)c2)c1OC. The van der Waals surface area contributed by atoms with Gasteiger partial charge in [-0.05, 0) is 36.6 Å². The molecule has 0 saturated carbocycles. The molecule has 28 heavy (non-hydrogen) atoms. The van der Waals surface area contributed by atoms with E-state index in [0.29, 0.717) is 30.3 Å². The Hall–Kier alpha value is -3.28. The van der Waals surface area contributed by atoms with Gasteiger partial charge in [-0.25, -0.2) is 4.68 Å². The third-order valence-corrected chi connectivity index (χ3v) is 4.72. The van der Waals surface area contributed by atoms with Crippen LogP contribution < -0.4 is 14.8 Å². The van der Waals surface area contributed by atoms with E-state index in [2.05, 4.69) is 17.3 Å². The molecule has 0 atom stereocenters. The van der Waals surface area contributed by atoms with E-state index in [-0.39, 0.29) is 5.91 Å². The molecule has 1 amide bonds. The predicted octanol–water partition coefficient (Wildman–Crippen LogP) is 3.75. The van der Waals surface area contributed by atoms with E-state index >= 15 is 0 Å². The average molecular weight is 379 g/mol. The Labute approximate surface area is 165 Å². The molecule has 146 valence electrons. The highest BCUT2D eigenvalue weighted by Gasteiger charge is 2.13. The summed E-state index contributed by atoms with van der Waals surface area (Å²) in [5.41, 5.74) is 4.30. The zero-order valence-electron chi connectivity index (χ0n) is 16.7. The van der Waals surface area contributed by atoms with E-state index in [1.807, 2.05) is 43.3 Å². The quantitative estimate of drug-likeness (QED) is 0.679. The predicted molar refractivity (Wildman–Crippen MR) is 109 cm³/mol. The molecule has 2 aromatic carbocycles. The van der Waals surface area contributed by atoms with Crippen LogP contribution in [0.1, 0.15) is 22.3 Å². The smallest absolute Gasteiger partial charge is 0.229 e. The molecule has 0 unspecified atom stereocenters. The third-order valence-electron chi connectivity index (χ3n) is 4.72. The van der Waals surface area contributed by atoms with Gasteiger partial charge < -0.3 is 14.8 Å². The van der Waals surface area contributed by atoms with Crippen LogP contribution in [0.2, 0.25) is 0 Å². The van der Waals surface area contributed by atoms with Crippen molar-refractivity contribution in [1.29, 1.82) is 0 Å². The lowest BCUT2D eigenvalue weighted by molar-refractivity contribution is -0.115. The molecule has 6 heteroatoms. The zero-order chi connectivity index (χ0) is 20.1. The van der Waals surface area contributed by atoms with E-state index in [4.69, 9.17) is 9.47 Å². The fourth-order valence-corrected chi connectivity index (χ4v) is 3.09. The summed E-state index contributed by atoms with van der Waals surface area (Å²) < 4.78 is 12.6. The molecule has 0 saturated heterocycles. The molecule has 0 aliphatic carbocycles. The second kappa shape index (κ2) is 8.61. The monoisotopic (exact) mass is 379 g/mol. The van der Waals surface area contributed by atoms with Crippen molar-refractivity contribution in [1.82, 2.24) is 9.78 Å². The first-order chi connectivity index (χ1) is 13.5. The van der Waals surface area contributed by atoms with Crippen LogP contribution in [-0.2, 0) is 17.8 Å². The highest BCUT2D eigenvalue weighted by Crippen LogP contribution is 2.31. The lowest BCUT2D eigenvalue weighted by Gasteiger charge is -2.14. The number of nitrogens with zero attached hydrogens (tertiary/aromatic N) is 2. The zero-order valence-corrected chi connectivity index (χ0v) is 16.7. The number of amides is 1. The molecule has 1 heterocycles. The third kappa shape index (κ3) is 4.34. The Kier molecular flexibility index (Phi) is 5.99. The number of para-hydroxylation sites is 1. The number of carbonyl (C=O) groups is 1. The van der Waals surface area contributed by atoms with E-state index in [1.54, 1.807) is 31.2 Å². The lowest BCUT2D eigenvalue weighted by atomic mass is 10.0. The molecular formula is C22H25N3O3. The number of anilines is 1. The largest absolute Gasteiger partial charge is 0.493 e. The van der Waals surface area contributed by atoms with Crippen LogP contribution in [0.15, 0.2) is 48.7 Å². The molecule has 1 aromatic heterocycles. The molecule has 0 spiro atoms. The number of aryl methyl sites for hydroxylation is 2. The van der Waals surface area contributed by atoms with Crippen molar-refractivity contribution in [3.05, 3.63) is 70.9 Å². The van der Waals surface area contributed by atoms with Crippen LogP contribution in [0.3, 0.4) is 0 Å². The first-order valence-corrected chi connectivity index (χ1v) is 9.09. The lowest BCUT2D eigenvalue weighted by Crippen LogP contribution is -2.18. The number of hydrogen-bond donors (Lipinski definition) is 1. The summed E-state index contributed by atoms with van der Waals surface area (Å²) in [4.78, 5) is 12.5.